The molecule has 1 fully saturated rings. The lowest BCUT2D eigenvalue weighted by atomic mass is 9.97. The van der Waals surface area contributed by atoms with Crippen molar-refractivity contribution in [2.75, 3.05) is 26.2 Å². The number of thiophene rings is 1. The van der Waals surface area contributed by atoms with Crippen molar-refractivity contribution in [3.8, 4) is 17.2 Å². The van der Waals surface area contributed by atoms with Crippen LogP contribution in [-0.2, 0) is 9.59 Å². The van der Waals surface area contributed by atoms with Crippen LogP contribution in [0, 0.1) is 6.92 Å². The van der Waals surface area contributed by atoms with Gasteiger partial charge in [0.15, 0.2) is 0 Å². The predicted octanol–water partition coefficient (Wildman–Crippen LogP) is 4.71. The van der Waals surface area contributed by atoms with Gasteiger partial charge < -0.3 is 19.3 Å². The number of rotatable bonds is 6. The van der Waals surface area contributed by atoms with Crippen LogP contribution in [0.4, 0.5) is 5.69 Å². The van der Waals surface area contributed by atoms with Crippen LogP contribution in [-0.4, -0.2) is 38.1 Å². The Labute approximate surface area is 195 Å². The molecule has 4 rings (SSSR count). The molecule has 0 aliphatic carbocycles. The zero-order chi connectivity index (χ0) is 23.7. The molecule has 0 radical (unpaired) electrons. The quantitative estimate of drug-likeness (QED) is 0.322. The van der Waals surface area contributed by atoms with Crippen LogP contribution in [0.5, 0.6) is 17.2 Å². The number of methoxy groups -OCH3 is 3. The van der Waals surface area contributed by atoms with E-state index in [2.05, 4.69) is 0 Å². The van der Waals surface area contributed by atoms with Crippen molar-refractivity contribution in [2.24, 2.45) is 0 Å². The van der Waals surface area contributed by atoms with E-state index in [-0.39, 0.29) is 16.9 Å². The van der Waals surface area contributed by atoms with Crippen molar-refractivity contribution >= 4 is 34.5 Å². The van der Waals surface area contributed by atoms with Crippen LogP contribution in [0.1, 0.15) is 22.0 Å². The standard InChI is InChI=1S/C25H23NO6S/c1-14-12-13-33-24(14)21-20(22(27)19-17(31-3)6-5-7-18(19)32-4)23(28)25(29)26(21)15-8-10-16(30-2)11-9-15/h5-13,21,27H,1-4H3/b22-20+. The number of aliphatic hydroxyl groups is 1. The summed E-state index contributed by atoms with van der Waals surface area (Å²) in [5, 5.41) is 13.3. The van der Waals surface area contributed by atoms with Crippen molar-refractivity contribution in [3.05, 3.63) is 75.5 Å². The molecule has 3 aromatic rings. The number of nitrogens with zero attached hydrogens (tertiary/aromatic N) is 1. The number of ketones is 1. The second-order valence-electron chi connectivity index (χ2n) is 7.37. The third kappa shape index (κ3) is 3.72. The Kier molecular flexibility index (Phi) is 6.11. The fraction of sp³-hybridized carbons (Fsp3) is 0.200. The summed E-state index contributed by atoms with van der Waals surface area (Å²) in [6.07, 6.45) is 0. The molecule has 1 amide bonds. The first-order valence-electron chi connectivity index (χ1n) is 10.1. The highest BCUT2D eigenvalue weighted by Gasteiger charge is 2.48. The van der Waals surface area contributed by atoms with E-state index in [0.29, 0.717) is 22.9 Å². The van der Waals surface area contributed by atoms with Crippen molar-refractivity contribution in [1.29, 1.82) is 0 Å². The predicted molar refractivity (Wildman–Crippen MR) is 126 cm³/mol. The Morgan fingerprint density at radius 2 is 1.58 bits per heavy atom. The van der Waals surface area contributed by atoms with E-state index in [0.717, 1.165) is 10.4 Å². The fourth-order valence-electron chi connectivity index (χ4n) is 3.97. The molecule has 1 aliphatic heterocycles. The minimum Gasteiger partial charge on any atom is -0.506 e. The Hall–Kier alpha value is -3.78. The topological polar surface area (TPSA) is 85.3 Å². The van der Waals surface area contributed by atoms with Crippen molar-refractivity contribution in [3.63, 3.8) is 0 Å². The van der Waals surface area contributed by atoms with E-state index in [9.17, 15) is 14.7 Å². The van der Waals surface area contributed by atoms with Gasteiger partial charge in [-0.25, -0.2) is 0 Å². The molecule has 8 heteroatoms. The Balaban J connectivity index is 1.99. The number of amides is 1. The number of aryl methyl sites for hydroxylation is 1. The number of hydrogen-bond acceptors (Lipinski definition) is 7. The van der Waals surface area contributed by atoms with Gasteiger partial charge in [0.05, 0.1) is 26.9 Å². The second-order valence-corrected chi connectivity index (χ2v) is 8.32. The van der Waals surface area contributed by atoms with E-state index in [1.807, 2.05) is 18.4 Å². The Morgan fingerprint density at radius 3 is 2.09 bits per heavy atom. The van der Waals surface area contributed by atoms with Gasteiger partial charge in [0, 0.05) is 10.6 Å². The van der Waals surface area contributed by atoms with E-state index < -0.39 is 17.7 Å². The first kappa shape index (κ1) is 22.4. The molecule has 33 heavy (non-hydrogen) atoms. The van der Waals surface area contributed by atoms with Gasteiger partial charge >= 0.3 is 0 Å². The molecule has 0 bridgehead atoms. The number of anilines is 1. The summed E-state index contributed by atoms with van der Waals surface area (Å²) in [5.41, 5.74) is 1.61. The second kappa shape index (κ2) is 8.99. The largest absolute Gasteiger partial charge is 0.506 e. The van der Waals surface area contributed by atoms with E-state index >= 15 is 0 Å². The maximum absolute atomic E-state index is 13.3. The normalized spacial score (nSPS) is 17.3. The SMILES string of the molecule is COc1ccc(N2C(=O)C(=O)/C(=C(/O)c3c(OC)cccc3OC)C2c2sccc2C)cc1. The van der Waals surface area contributed by atoms with Crippen LogP contribution in [0.25, 0.3) is 5.76 Å². The molecule has 1 aromatic heterocycles. The summed E-state index contributed by atoms with van der Waals surface area (Å²) in [4.78, 5) is 28.8. The van der Waals surface area contributed by atoms with Crippen molar-refractivity contribution in [2.45, 2.75) is 13.0 Å². The highest BCUT2D eigenvalue weighted by atomic mass is 32.1. The molecule has 1 unspecified atom stereocenters. The van der Waals surface area contributed by atoms with E-state index in [4.69, 9.17) is 14.2 Å². The number of carbonyl (C=O) groups excluding carboxylic acids is 2. The highest BCUT2D eigenvalue weighted by molar-refractivity contribution is 7.10. The highest BCUT2D eigenvalue weighted by Crippen LogP contribution is 2.47. The maximum Gasteiger partial charge on any atom is 0.300 e. The van der Waals surface area contributed by atoms with Crippen LogP contribution in [0.2, 0.25) is 0 Å². The summed E-state index contributed by atoms with van der Waals surface area (Å²) in [5.74, 6) is -0.592. The average Bonchev–Trinajstić information content (AvgIpc) is 3.38. The molecule has 7 nitrogen and oxygen atoms in total. The van der Waals surface area contributed by atoms with Gasteiger partial charge in [0.2, 0.25) is 0 Å². The lowest BCUT2D eigenvalue weighted by Crippen LogP contribution is -2.29. The summed E-state index contributed by atoms with van der Waals surface area (Å²) in [7, 11) is 4.47. The van der Waals surface area contributed by atoms with Crippen LogP contribution < -0.4 is 19.1 Å². The lowest BCUT2D eigenvalue weighted by molar-refractivity contribution is -0.132. The van der Waals surface area contributed by atoms with Gasteiger partial charge in [0.25, 0.3) is 11.7 Å². The molecule has 1 aliphatic rings. The molecule has 1 saturated heterocycles. The summed E-state index contributed by atoms with van der Waals surface area (Å²) in [6.45, 7) is 1.91. The Bertz CT molecular complexity index is 1220. The average molecular weight is 466 g/mol. The van der Waals surface area contributed by atoms with Gasteiger partial charge in [-0.15, -0.1) is 11.3 Å². The molecule has 0 spiro atoms. The van der Waals surface area contributed by atoms with Crippen molar-refractivity contribution in [1.82, 2.24) is 0 Å². The minimum absolute atomic E-state index is 0.0239. The fourth-order valence-corrected chi connectivity index (χ4v) is 5.00. The third-order valence-electron chi connectivity index (χ3n) is 5.61. The van der Waals surface area contributed by atoms with Crippen LogP contribution in [0.15, 0.2) is 59.5 Å². The van der Waals surface area contributed by atoms with Crippen LogP contribution in [0.3, 0.4) is 0 Å². The monoisotopic (exact) mass is 465 g/mol. The Morgan fingerprint density at radius 1 is 0.939 bits per heavy atom. The molecule has 1 N–H and O–H groups in total. The van der Waals surface area contributed by atoms with E-state index in [1.54, 1.807) is 49.6 Å². The number of benzene rings is 2. The number of Topliss-reactive ketones (excluding diaryl/α,β-unsaturated/α-hetero) is 1. The van der Waals surface area contributed by atoms with Crippen LogP contribution >= 0.6 is 11.3 Å². The van der Waals surface area contributed by atoms with Gasteiger partial charge in [0.1, 0.15) is 34.6 Å². The summed E-state index contributed by atoms with van der Waals surface area (Å²) in [6, 6.07) is 13.0. The zero-order valence-corrected chi connectivity index (χ0v) is 19.4. The molecular weight excluding hydrogens is 442 g/mol. The summed E-state index contributed by atoms with van der Waals surface area (Å²) < 4.78 is 16.1. The first-order chi connectivity index (χ1) is 15.9. The molecule has 0 saturated carbocycles. The minimum atomic E-state index is -0.812. The smallest absolute Gasteiger partial charge is 0.300 e. The van der Waals surface area contributed by atoms with E-state index in [1.165, 1.54) is 30.5 Å². The molecule has 2 heterocycles. The van der Waals surface area contributed by atoms with Gasteiger partial charge in [-0.2, -0.15) is 0 Å². The van der Waals surface area contributed by atoms with Gasteiger partial charge in [-0.3, -0.25) is 14.5 Å². The number of carbonyl (C=O) groups is 2. The molecule has 1 atom stereocenters. The summed E-state index contributed by atoms with van der Waals surface area (Å²) >= 11 is 1.41. The number of hydrogen-bond donors (Lipinski definition) is 1. The first-order valence-corrected chi connectivity index (χ1v) is 11.0. The lowest BCUT2D eigenvalue weighted by Gasteiger charge is -2.25. The van der Waals surface area contributed by atoms with Gasteiger partial charge in [-0.1, -0.05) is 6.07 Å². The van der Waals surface area contributed by atoms with Gasteiger partial charge in [-0.05, 0) is 60.3 Å². The molecule has 170 valence electrons. The molecular formula is C25H23NO6S. The zero-order valence-electron chi connectivity index (χ0n) is 18.6. The van der Waals surface area contributed by atoms with Crippen molar-refractivity contribution < 1.29 is 28.9 Å². The third-order valence-corrected chi connectivity index (χ3v) is 6.68. The number of ether oxygens (including phenoxy) is 3. The number of aliphatic hydroxyl groups excluding tert-OH is 1. The molecule has 2 aromatic carbocycles. The maximum atomic E-state index is 13.3.